The van der Waals surface area contributed by atoms with Crippen molar-refractivity contribution in [3.8, 4) is 0 Å². The molecule has 2 rings (SSSR count). The Kier molecular flexibility index (Phi) is 5.12. The van der Waals surface area contributed by atoms with Gasteiger partial charge >= 0.3 is 0 Å². The lowest BCUT2D eigenvalue weighted by atomic mass is 9.99. The van der Waals surface area contributed by atoms with Gasteiger partial charge in [-0.15, -0.1) is 0 Å². The summed E-state index contributed by atoms with van der Waals surface area (Å²) in [7, 11) is 0. The maximum atomic E-state index is 12.8. The molecule has 0 bridgehead atoms. The maximum Gasteiger partial charge on any atom is 0.280 e. The van der Waals surface area contributed by atoms with Gasteiger partial charge in [0, 0.05) is 18.7 Å². The average molecular weight is 279 g/mol. The van der Waals surface area contributed by atoms with E-state index in [1.807, 2.05) is 17.1 Å². The van der Waals surface area contributed by atoms with E-state index in [4.69, 9.17) is 0 Å². The highest BCUT2D eigenvalue weighted by Crippen LogP contribution is 2.16. The van der Waals surface area contributed by atoms with E-state index in [0.717, 1.165) is 37.4 Å². The fraction of sp³-hybridized carbons (Fsp3) is 0.562. The molecule has 1 aliphatic heterocycles. The van der Waals surface area contributed by atoms with E-state index < -0.39 is 0 Å². The fourth-order valence-corrected chi connectivity index (χ4v) is 2.55. The van der Waals surface area contributed by atoms with Gasteiger partial charge in [-0.3, -0.25) is 4.79 Å². The molecule has 0 radical (unpaired) electrons. The van der Waals surface area contributed by atoms with Crippen LogP contribution in [0.3, 0.4) is 0 Å². The van der Waals surface area contributed by atoms with Crippen molar-refractivity contribution in [2.75, 3.05) is 13.1 Å². The SMILES string of the molecule is CC1CCN(C(=O)[C@@H](C)[NH2+]Cc2ccc(F)cc2)CC1. The van der Waals surface area contributed by atoms with Crippen LogP contribution in [0.4, 0.5) is 4.39 Å². The number of hydrogen-bond acceptors (Lipinski definition) is 1. The Labute approximate surface area is 120 Å². The third-order valence-corrected chi connectivity index (χ3v) is 4.11. The summed E-state index contributed by atoms with van der Waals surface area (Å²) in [6.45, 7) is 6.66. The Morgan fingerprint density at radius 1 is 1.35 bits per heavy atom. The van der Waals surface area contributed by atoms with Gasteiger partial charge in [-0.2, -0.15) is 0 Å². The maximum absolute atomic E-state index is 12.8. The van der Waals surface area contributed by atoms with E-state index >= 15 is 0 Å². The van der Waals surface area contributed by atoms with Crippen LogP contribution in [0.25, 0.3) is 0 Å². The predicted octanol–water partition coefficient (Wildman–Crippen LogP) is 1.54. The van der Waals surface area contributed by atoms with Crippen LogP contribution in [0.1, 0.15) is 32.3 Å². The number of carbonyl (C=O) groups is 1. The zero-order chi connectivity index (χ0) is 14.5. The van der Waals surface area contributed by atoms with Crippen molar-refractivity contribution in [1.29, 1.82) is 0 Å². The first-order valence-corrected chi connectivity index (χ1v) is 7.43. The Morgan fingerprint density at radius 3 is 2.55 bits per heavy atom. The van der Waals surface area contributed by atoms with Gasteiger partial charge in [-0.25, -0.2) is 4.39 Å². The molecular weight excluding hydrogens is 255 g/mol. The van der Waals surface area contributed by atoms with Crippen molar-refractivity contribution < 1.29 is 14.5 Å². The summed E-state index contributed by atoms with van der Waals surface area (Å²) < 4.78 is 12.8. The number of rotatable bonds is 4. The van der Waals surface area contributed by atoms with Crippen LogP contribution >= 0.6 is 0 Å². The minimum absolute atomic E-state index is 0.0755. The zero-order valence-corrected chi connectivity index (χ0v) is 12.3. The monoisotopic (exact) mass is 279 g/mol. The number of carbonyl (C=O) groups excluding carboxylic acids is 1. The smallest absolute Gasteiger partial charge is 0.280 e. The average Bonchev–Trinajstić information content (AvgIpc) is 2.46. The highest BCUT2D eigenvalue weighted by molar-refractivity contribution is 5.80. The Balaban J connectivity index is 1.80. The molecule has 20 heavy (non-hydrogen) atoms. The molecule has 1 aliphatic rings. The molecule has 1 fully saturated rings. The molecule has 1 amide bonds. The second-order valence-electron chi connectivity index (χ2n) is 5.86. The molecule has 110 valence electrons. The van der Waals surface area contributed by atoms with Crippen molar-refractivity contribution >= 4 is 5.91 Å². The minimum atomic E-state index is -0.222. The second-order valence-corrected chi connectivity index (χ2v) is 5.86. The van der Waals surface area contributed by atoms with Crippen LogP contribution in [-0.4, -0.2) is 29.9 Å². The molecule has 0 aromatic heterocycles. The number of halogens is 1. The molecule has 1 aromatic carbocycles. The highest BCUT2D eigenvalue weighted by atomic mass is 19.1. The van der Waals surface area contributed by atoms with Crippen molar-refractivity contribution in [1.82, 2.24) is 4.90 Å². The quantitative estimate of drug-likeness (QED) is 0.892. The van der Waals surface area contributed by atoms with Gasteiger partial charge in [0.15, 0.2) is 6.04 Å². The molecule has 0 unspecified atom stereocenters. The third kappa shape index (κ3) is 4.04. The molecule has 0 saturated carbocycles. The normalized spacial score (nSPS) is 18.1. The van der Waals surface area contributed by atoms with Gasteiger partial charge in [0.25, 0.3) is 5.91 Å². The summed E-state index contributed by atoms with van der Waals surface area (Å²) in [5.41, 5.74) is 1.04. The number of nitrogens with two attached hydrogens (primary N) is 1. The molecule has 4 heteroatoms. The molecule has 1 saturated heterocycles. The summed E-state index contributed by atoms with van der Waals surface area (Å²) in [4.78, 5) is 14.3. The molecule has 3 nitrogen and oxygen atoms in total. The molecule has 1 atom stereocenters. The molecule has 2 N–H and O–H groups in total. The Hall–Kier alpha value is -1.42. The first kappa shape index (κ1) is 15.0. The van der Waals surface area contributed by atoms with Gasteiger partial charge < -0.3 is 10.2 Å². The standard InChI is InChI=1S/C16H23FN2O/c1-12-7-9-19(10-8-12)16(20)13(2)18-11-14-3-5-15(17)6-4-14/h3-6,12-13,18H,7-11H2,1-2H3/p+1/t13-/m1/s1. The number of nitrogens with zero attached hydrogens (tertiary/aromatic N) is 1. The van der Waals surface area contributed by atoms with Crippen LogP contribution in [0.15, 0.2) is 24.3 Å². The predicted molar refractivity (Wildman–Crippen MR) is 76.5 cm³/mol. The van der Waals surface area contributed by atoms with E-state index in [0.29, 0.717) is 6.54 Å². The lowest BCUT2D eigenvalue weighted by Crippen LogP contribution is -2.90. The number of benzene rings is 1. The van der Waals surface area contributed by atoms with E-state index in [2.05, 4.69) is 6.92 Å². The van der Waals surface area contributed by atoms with Gasteiger partial charge in [0.05, 0.1) is 0 Å². The van der Waals surface area contributed by atoms with Crippen molar-refractivity contribution in [2.45, 2.75) is 39.3 Å². The van der Waals surface area contributed by atoms with Crippen molar-refractivity contribution in [3.05, 3.63) is 35.6 Å². The highest BCUT2D eigenvalue weighted by Gasteiger charge is 2.26. The first-order chi connectivity index (χ1) is 9.56. The van der Waals surface area contributed by atoms with E-state index in [-0.39, 0.29) is 17.8 Å². The molecular formula is C16H24FN2O+. The molecule has 0 spiro atoms. The third-order valence-electron chi connectivity index (χ3n) is 4.11. The Morgan fingerprint density at radius 2 is 1.95 bits per heavy atom. The zero-order valence-electron chi connectivity index (χ0n) is 12.3. The second kappa shape index (κ2) is 6.84. The summed E-state index contributed by atoms with van der Waals surface area (Å²) in [6.07, 6.45) is 2.22. The molecule has 1 aromatic rings. The summed E-state index contributed by atoms with van der Waals surface area (Å²) in [5, 5.41) is 2.02. The van der Waals surface area contributed by atoms with E-state index in [9.17, 15) is 9.18 Å². The largest absolute Gasteiger partial charge is 0.338 e. The van der Waals surface area contributed by atoms with Gasteiger partial charge in [-0.05, 0) is 37.8 Å². The topological polar surface area (TPSA) is 36.9 Å². The van der Waals surface area contributed by atoms with Crippen LogP contribution in [-0.2, 0) is 11.3 Å². The van der Waals surface area contributed by atoms with Crippen LogP contribution in [0, 0.1) is 11.7 Å². The number of hydrogen-bond donors (Lipinski definition) is 1. The summed E-state index contributed by atoms with van der Waals surface area (Å²) in [6, 6.07) is 6.38. The molecule has 0 aliphatic carbocycles. The summed E-state index contributed by atoms with van der Waals surface area (Å²) >= 11 is 0. The van der Waals surface area contributed by atoms with E-state index in [1.165, 1.54) is 12.1 Å². The number of piperidine rings is 1. The van der Waals surface area contributed by atoms with Crippen molar-refractivity contribution in [3.63, 3.8) is 0 Å². The molecule has 1 heterocycles. The number of amides is 1. The lowest BCUT2D eigenvalue weighted by Gasteiger charge is -2.31. The van der Waals surface area contributed by atoms with Crippen molar-refractivity contribution in [2.24, 2.45) is 5.92 Å². The van der Waals surface area contributed by atoms with Crippen LogP contribution < -0.4 is 5.32 Å². The number of quaternary nitrogens is 1. The van der Waals surface area contributed by atoms with E-state index in [1.54, 1.807) is 12.1 Å². The number of likely N-dealkylation sites (tertiary alicyclic amines) is 1. The van der Waals surface area contributed by atoms with Crippen LogP contribution in [0.5, 0.6) is 0 Å². The Bertz CT molecular complexity index is 438. The van der Waals surface area contributed by atoms with Gasteiger partial charge in [0.1, 0.15) is 12.4 Å². The lowest BCUT2D eigenvalue weighted by molar-refractivity contribution is -0.689. The minimum Gasteiger partial charge on any atom is -0.338 e. The van der Waals surface area contributed by atoms with Crippen LogP contribution in [0.2, 0.25) is 0 Å². The fourth-order valence-electron chi connectivity index (χ4n) is 2.55. The first-order valence-electron chi connectivity index (χ1n) is 7.43. The van der Waals surface area contributed by atoms with Gasteiger partial charge in [0.2, 0.25) is 0 Å². The van der Waals surface area contributed by atoms with Gasteiger partial charge in [-0.1, -0.05) is 19.1 Å². The summed E-state index contributed by atoms with van der Waals surface area (Å²) in [5.74, 6) is 0.733.